The van der Waals surface area contributed by atoms with E-state index in [-0.39, 0.29) is 24.3 Å². The molecule has 1 amide bonds. The predicted octanol–water partition coefficient (Wildman–Crippen LogP) is 5.57. The smallest absolute Gasteiger partial charge is 0.344 e. The summed E-state index contributed by atoms with van der Waals surface area (Å²) in [4.78, 5) is 72.6. The zero-order valence-corrected chi connectivity index (χ0v) is 40.9. The van der Waals surface area contributed by atoms with Crippen LogP contribution in [0.3, 0.4) is 0 Å². The van der Waals surface area contributed by atoms with Crippen molar-refractivity contribution in [3.05, 3.63) is 101 Å². The number of methoxy groups -OCH3 is 3. The van der Waals surface area contributed by atoms with Crippen molar-refractivity contribution < 1.29 is 47.6 Å². The molecule has 1 unspecified atom stereocenters. The number of hydrogen-bond donors (Lipinski definition) is 3. The SMILES string of the molecule is CC[C@]1(NC(=O)c2ccc3ncoc3c2)C[C@H]2CN(CCc3c([nH]c4ccccc34)[C@@](C(=O)OC)(c3cc4c(cc3OC)N(C)[C@H]3[C@@](O)(C(=O)OC)[C@H](OC(C)=O)[C@]5(CC)C=CCN6CC[C@]43[C@@H]65)C2)C1. The van der Waals surface area contributed by atoms with Crippen LogP contribution in [0.1, 0.15) is 85.6 Å². The summed E-state index contributed by atoms with van der Waals surface area (Å²) in [6.07, 6.45) is 7.24. The third-order valence-corrected chi connectivity index (χ3v) is 17.6. The molecule has 368 valence electrons. The molecule has 3 fully saturated rings. The third-order valence-electron chi connectivity index (χ3n) is 17.6. The molecule has 2 aromatic heterocycles. The maximum absolute atomic E-state index is 15.7. The van der Waals surface area contributed by atoms with Crippen LogP contribution in [-0.2, 0) is 45.8 Å². The van der Waals surface area contributed by atoms with E-state index >= 15 is 4.79 Å². The maximum Gasteiger partial charge on any atom is 0.344 e. The number of aromatic amines is 1. The fraction of sp³-hybridized carbons (Fsp3) is 0.500. The Morgan fingerprint density at radius 1 is 0.957 bits per heavy atom. The van der Waals surface area contributed by atoms with Gasteiger partial charge < -0.3 is 48.6 Å². The molecule has 5 aromatic rings. The maximum atomic E-state index is 15.7. The zero-order chi connectivity index (χ0) is 49.1. The molecule has 5 aliphatic heterocycles. The molecule has 1 spiro atoms. The molecule has 3 N–H and O–H groups in total. The highest BCUT2D eigenvalue weighted by Crippen LogP contribution is 2.68. The lowest BCUT2D eigenvalue weighted by Crippen LogP contribution is -2.81. The molecule has 11 rings (SSSR count). The molecule has 6 aliphatic rings. The average Bonchev–Trinajstić information content (AvgIpc) is 4.16. The number of esters is 3. The number of para-hydroxylation sites is 1. The number of nitrogens with zero attached hydrogens (tertiary/aromatic N) is 4. The second-order valence-corrected chi connectivity index (χ2v) is 20.7. The normalized spacial score (nSPS) is 33.0. The molecule has 10 atom stereocenters. The molecule has 1 saturated carbocycles. The van der Waals surface area contributed by atoms with Gasteiger partial charge in [0, 0.05) is 96.5 Å². The standard InChI is InChI=1S/C54H62N6O10/c1-8-50(57-44(62)33-15-16-39-42(23-33)69-30-55-39)26-32-27-53(48(63)67-6,43-35(17-21-59(28-32)29-50)34-13-10-11-14-38(34)56-43)37-24-36-40(25-41(37)66-5)58(4)46-52(36)19-22-60-20-12-18-51(9-2,45(52)60)47(70-31(3)61)54(46,65)49(64)68-7/h10-16,18,23-25,30,32,45-47,56,65H,8-9,17,19-22,26-29H2,1-7H3,(H,57,62)/t32-,45+,46-,47-,50+,51-,52-,53+,54+/m1/s1. The van der Waals surface area contributed by atoms with Crippen molar-refractivity contribution in [2.75, 3.05) is 66.0 Å². The van der Waals surface area contributed by atoms with Crippen molar-refractivity contribution in [3.63, 3.8) is 0 Å². The number of aromatic nitrogens is 2. The van der Waals surface area contributed by atoms with Crippen LogP contribution in [0.2, 0.25) is 0 Å². The van der Waals surface area contributed by atoms with Gasteiger partial charge in [-0.1, -0.05) is 44.2 Å². The second kappa shape index (κ2) is 16.4. The summed E-state index contributed by atoms with van der Waals surface area (Å²) in [5.41, 5.74) is -0.0495. The summed E-state index contributed by atoms with van der Waals surface area (Å²) in [6, 6.07) is 16.1. The van der Waals surface area contributed by atoms with E-state index in [0.717, 1.165) is 33.4 Å². The first-order valence-corrected chi connectivity index (χ1v) is 24.6. The molecule has 16 nitrogen and oxygen atoms in total. The van der Waals surface area contributed by atoms with Crippen LogP contribution in [0, 0.1) is 11.3 Å². The van der Waals surface area contributed by atoms with Crippen molar-refractivity contribution in [1.29, 1.82) is 0 Å². The summed E-state index contributed by atoms with van der Waals surface area (Å²) in [5.74, 6) is -1.92. The number of ether oxygens (including phenoxy) is 4. The van der Waals surface area contributed by atoms with Crippen LogP contribution in [-0.4, -0.2) is 139 Å². The van der Waals surface area contributed by atoms with Crippen LogP contribution < -0.4 is 15.0 Å². The highest BCUT2D eigenvalue weighted by Gasteiger charge is 2.80. The minimum atomic E-state index is -2.34. The number of carbonyl (C=O) groups is 4. The summed E-state index contributed by atoms with van der Waals surface area (Å²) in [5, 5.41) is 18.0. The number of nitrogens with one attached hydrogen (secondary N) is 2. The summed E-state index contributed by atoms with van der Waals surface area (Å²) in [7, 11) is 6.14. The Kier molecular flexibility index (Phi) is 10.8. The van der Waals surface area contributed by atoms with Gasteiger partial charge in [0.2, 0.25) is 5.60 Å². The molecule has 0 radical (unpaired) electrons. The highest BCUT2D eigenvalue weighted by molar-refractivity contribution is 5.98. The first-order chi connectivity index (χ1) is 33.7. The summed E-state index contributed by atoms with van der Waals surface area (Å²) < 4.78 is 29.8. The van der Waals surface area contributed by atoms with Crippen molar-refractivity contribution in [3.8, 4) is 5.75 Å². The molecule has 2 saturated heterocycles. The predicted molar refractivity (Wildman–Crippen MR) is 260 cm³/mol. The number of benzene rings is 3. The van der Waals surface area contributed by atoms with Gasteiger partial charge in [0.25, 0.3) is 5.91 Å². The Bertz CT molecular complexity index is 3000. The Balaban J connectivity index is 1.13. The average molecular weight is 955 g/mol. The van der Waals surface area contributed by atoms with E-state index < -0.39 is 57.4 Å². The van der Waals surface area contributed by atoms with Gasteiger partial charge in [-0.3, -0.25) is 19.3 Å². The van der Waals surface area contributed by atoms with Crippen LogP contribution in [0.4, 0.5) is 5.69 Å². The monoisotopic (exact) mass is 954 g/mol. The topological polar surface area (TPSA) is 189 Å². The first kappa shape index (κ1) is 46.2. The number of anilines is 1. The quantitative estimate of drug-likeness (QED) is 0.0945. The van der Waals surface area contributed by atoms with E-state index in [0.29, 0.717) is 92.8 Å². The van der Waals surface area contributed by atoms with Crippen LogP contribution >= 0.6 is 0 Å². The number of H-pyrrole nitrogens is 1. The number of fused-ring (bicyclic) bond motifs is 7. The number of oxazole rings is 1. The number of aliphatic hydroxyl groups is 1. The van der Waals surface area contributed by atoms with Crippen molar-refractivity contribution >= 4 is 51.5 Å². The fourth-order valence-corrected chi connectivity index (χ4v) is 15.0. The Labute approximate surface area is 406 Å². The van der Waals surface area contributed by atoms with E-state index in [2.05, 4.69) is 50.2 Å². The molecule has 7 heterocycles. The molecule has 16 heteroatoms. The van der Waals surface area contributed by atoms with Gasteiger partial charge in [0.15, 0.2) is 18.1 Å². The van der Waals surface area contributed by atoms with E-state index in [1.807, 2.05) is 49.2 Å². The van der Waals surface area contributed by atoms with Crippen LogP contribution in [0.25, 0.3) is 22.0 Å². The molecule has 70 heavy (non-hydrogen) atoms. The van der Waals surface area contributed by atoms with Gasteiger partial charge >= 0.3 is 17.9 Å². The van der Waals surface area contributed by atoms with Crippen LogP contribution in [0.5, 0.6) is 5.75 Å². The minimum Gasteiger partial charge on any atom is -0.496 e. The van der Waals surface area contributed by atoms with Gasteiger partial charge in [0.1, 0.15) is 16.7 Å². The summed E-state index contributed by atoms with van der Waals surface area (Å²) in [6.45, 7) is 8.62. The van der Waals surface area contributed by atoms with Crippen molar-refractivity contribution in [2.24, 2.45) is 11.3 Å². The lowest BCUT2D eigenvalue weighted by molar-refractivity contribution is -0.228. The van der Waals surface area contributed by atoms with Gasteiger partial charge in [-0.2, -0.15) is 0 Å². The molecule has 1 aliphatic carbocycles. The number of hydrogen-bond acceptors (Lipinski definition) is 14. The number of carbonyl (C=O) groups excluding carboxylic acids is 4. The number of amides is 1. The zero-order valence-electron chi connectivity index (χ0n) is 40.9. The highest BCUT2D eigenvalue weighted by atomic mass is 16.6. The Morgan fingerprint density at radius 2 is 1.76 bits per heavy atom. The van der Waals surface area contributed by atoms with E-state index in [1.54, 1.807) is 25.3 Å². The second-order valence-electron chi connectivity index (χ2n) is 20.7. The largest absolute Gasteiger partial charge is 0.496 e. The number of piperidine rings is 1. The van der Waals surface area contributed by atoms with E-state index in [1.165, 1.54) is 27.5 Å². The lowest BCUT2D eigenvalue weighted by Gasteiger charge is -2.63. The Hall–Kier alpha value is -6.23. The van der Waals surface area contributed by atoms with Gasteiger partial charge in [-0.25, -0.2) is 9.78 Å². The van der Waals surface area contributed by atoms with E-state index in [9.17, 15) is 19.5 Å². The fourth-order valence-electron chi connectivity index (χ4n) is 15.0. The third kappa shape index (κ3) is 6.20. The molecule has 3 aromatic carbocycles. The molecule has 2 bridgehead atoms. The lowest BCUT2D eigenvalue weighted by atomic mass is 9.47. The van der Waals surface area contributed by atoms with Gasteiger partial charge in [0.05, 0.1) is 32.9 Å². The van der Waals surface area contributed by atoms with E-state index in [4.69, 9.17) is 23.4 Å². The summed E-state index contributed by atoms with van der Waals surface area (Å²) >= 11 is 0. The Morgan fingerprint density at radius 3 is 2.50 bits per heavy atom. The van der Waals surface area contributed by atoms with Crippen molar-refractivity contribution in [1.82, 2.24) is 25.1 Å². The van der Waals surface area contributed by atoms with Crippen LogP contribution in [0.15, 0.2) is 77.6 Å². The minimum absolute atomic E-state index is 0.157. The number of rotatable bonds is 9. The number of likely N-dealkylation sites (N-methyl/N-ethyl adjacent to an activating group) is 1. The van der Waals surface area contributed by atoms with Gasteiger partial charge in [-0.05, 0) is 92.4 Å². The van der Waals surface area contributed by atoms with Gasteiger partial charge in [-0.15, -0.1) is 0 Å². The molecular formula is C54H62N6O10. The first-order valence-electron chi connectivity index (χ1n) is 24.6. The molecular weight excluding hydrogens is 893 g/mol. The van der Waals surface area contributed by atoms with Crippen molar-refractivity contribution in [2.45, 2.75) is 99.5 Å².